The summed E-state index contributed by atoms with van der Waals surface area (Å²) in [4.78, 5) is 13.3. The molecule has 4 nitrogen and oxygen atoms in total. The molecule has 2 rings (SSSR count). The number of hydrogen-bond acceptors (Lipinski definition) is 3. The molecule has 1 aliphatic rings. The number of rotatable bonds is 4. The van der Waals surface area contributed by atoms with E-state index in [4.69, 9.17) is 5.73 Å². The van der Waals surface area contributed by atoms with Gasteiger partial charge in [-0.1, -0.05) is 6.07 Å². The number of likely N-dealkylation sites (tertiary alicyclic amines) is 1. The Kier molecular flexibility index (Phi) is 4.72. The highest BCUT2D eigenvalue weighted by atomic mass is 19.4. The standard InChI is InChI=1S/C14H18F3N3O/c15-14(16,17)9-20-5-4-10(8-20)7-19-13(21)11-2-1-3-12(18)6-11/h1-3,6,10H,4-5,7-9,18H2,(H,19,21). The third-order valence-electron chi connectivity index (χ3n) is 3.47. The first kappa shape index (κ1) is 15.6. The van der Waals surface area contributed by atoms with E-state index in [9.17, 15) is 18.0 Å². The van der Waals surface area contributed by atoms with E-state index in [2.05, 4.69) is 5.32 Å². The van der Waals surface area contributed by atoms with Crippen LogP contribution in [0.3, 0.4) is 0 Å². The first-order chi connectivity index (χ1) is 9.83. The molecule has 0 aromatic heterocycles. The van der Waals surface area contributed by atoms with Crippen LogP contribution in [0.1, 0.15) is 16.8 Å². The second kappa shape index (κ2) is 6.34. The van der Waals surface area contributed by atoms with Crippen molar-refractivity contribution in [1.82, 2.24) is 10.2 Å². The zero-order valence-corrected chi connectivity index (χ0v) is 11.5. The molecular weight excluding hydrogens is 283 g/mol. The number of nitrogens with one attached hydrogen (secondary N) is 1. The lowest BCUT2D eigenvalue weighted by Gasteiger charge is -2.18. The molecule has 1 saturated heterocycles. The van der Waals surface area contributed by atoms with Crippen LogP contribution < -0.4 is 11.1 Å². The third kappa shape index (κ3) is 4.93. The van der Waals surface area contributed by atoms with E-state index in [1.54, 1.807) is 24.3 Å². The molecule has 0 saturated carbocycles. The fourth-order valence-electron chi connectivity index (χ4n) is 2.50. The normalized spacial score (nSPS) is 19.7. The minimum absolute atomic E-state index is 0.0531. The van der Waals surface area contributed by atoms with Crippen LogP contribution in [0.4, 0.5) is 18.9 Å². The van der Waals surface area contributed by atoms with Gasteiger partial charge in [0.05, 0.1) is 6.54 Å². The van der Waals surface area contributed by atoms with Crippen LogP contribution in [0.2, 0.25) is 0 Å². The van der Waals surface area contributed by atoms with E-state index in [-0.39, 0.29) is 11.8 Å². The van der Waals surface area contributed by atoms with Gasteiger partial charge in [-0.3, -0.25) is 9.69 Å². The summed E-state index contributed by atoms with van der Waals surface area (Å²) in [6.07, 6.45) is -3.51. The highest BCUT2D eigenvalue weighted by molar-refractivity contribution is 5.94. The molecule has 0 spiro atoms. The predicted molar refractivity (Wildman–Crippen MR) is 73.8 cm³/mol. The van der Waals surface area contributed by atoms with Gasteiger partial charge in [0.1, 0.15) is 0 Å². The van der Waals surface area contributed by atoms with Gasteiger partial charge < -0.3 is 11.1 Å². The van der Waals surface area contributed by atoms with Crippen LogP contribution >= 0.6 is 0 Å². The molecule has 7 heteroatoms. The monoisotopic (exact) mass is 301 g/mol. The smallest absolute Gasteiger partial charge is 0.399 e. The average Bonchev–Trinajstić information content (AvgIpc) is 2.81. The third-order valence-corrected chi connectivity index (χ3v) is 3.47. The van der Waals surface area contributed by atoms with E-state index in [0.717, 1.165) is 0 Å². The highest BCUT2D eigenvalue weighted by Crippen LogP contribution is 2.22. The lowest BCUT2D eigenvalue weighted by atomic mass is 10.1. The Balaban J connectivity index is 1.78. The van der Waals surface area contributed by atoms with Crippen LogP contribution in [-0.4, -0.2) is 43.2 Å². The van der Waals surface area contributed by atoms with Crippen molar-refractivity contribution >= 4 is 11.6 Å². The van der Waals surface area contributed by atoms with Crippen molar-refractivity contribution in [3.05, 3.63) is 29.8 Å². The Morgan fingerprint density at radius 1 is 1.43 bits per heavy atom. The minimum Gasteiger partial charge on any atom is -0.399 e. The van der Waals surface area contributed by atoms with E-state index in [1.807, 2.05) is 0 Å². The molecule has 116 valence electrons. The SMILES string of the molecule is Nc1cccc(C(=O)NCC2CCN(CC(F)(F)F)C2)c1. The molecule has 3 N–H and O–H groups in total. The Labute approximate surface area is 121 Å². The van der Waals surface area contributed by atoms with E-state index in [1.165, 1.54) is 4.90 Å². The number of halogens is 3. The molecular formula is C14H18F3N3O. The zero-order valence-electron chi connectivity index (χ0n) is 11.5. The Bertz CT molecular complexity index is 504. The highest BCUT2D eigenvalue weighted by Gasteiger charge is 2.34. The molecule has 0 bridgehead atoms. The molecule has 1 aromatic rings. The summed E-state index contributed by atoms with van der Waals surface area (Å²) in [6.45, 7) is 0.268. The summed E-state index contributed by atoms with van der Waals surface area (Å²) in [6, 6.07) is 6.59. The molecule has 0 radical (unpaired) electrons. The number of hydrogen-bond donors (Lipinski definition) is 2. The molecule has 1 heterocycles. The number of amides is 1. The first-order valence-corrected chi connectivity index (χ1v) is 6.76. The number of alkyl halides is 3. The van der Waals surface area contributed by atoms with E-state index < -0.39 is 12.7 Å². The number of benzene rings is 1. The number of nitrogen functional groups attached to an aromatic ring is 1. The van der Waals surface area contributed by atoms with E-state index >= 15 is 0 Å². The zero-order chi connectivity index (χ0) is 15.5. The molecule has 1 fully saturated rings. The summed E-state index contributed by atoms with van der Waals surface area (Å²) in [5.74, 6) is -0.200. The van der Waals surface area contributed by atoms with Gasteiger partial charge in [0.25, 0.3) is 5.91 Å². The van der Waals surface area contributed by atoms with Crippen molar-refractivity contribution in [1.29, 1.82) is 0 Å². The molecule has 1 aromatic carbocycles. The van der Waals surface area contributed by atoms with Crippen molar-refractivity contribution in [2.45, 2.75) is 12.6 Å². The summed E-state index contributed by atoms with van der Waals surface area (Å²) in [5, 5.41) is 2.75. The first-order valence-electron chi connectivity index (χ1n) is 6.76. The summed E-state index contributed by atoms with van der Waals surface area (Å²) < 4.78 is 36.9. The van der Waals surface area contributed by atoms with Crippen molar-refractivity contribution in [3.8, 4) is 0 Å². The van der Waals surface area contributed by atoms with Gasteiger partial charge in [-0.15, -0.1) is 0 Å². The molecule has 1 aliphatic heterocycles. The topological polar surface area (TPSA) is 58.4 Å². The van der Waals surface area contributed by atoms with Crippen LogP contribution in [-0.2, 0) is 0 Å². The van der Waals surface area contributed by atoms with Gasteiger partial charge in [0.15, 0.2) is 0 Å². The Morgan fingerprint density at radius 3 is 2.86 bits per heavy atom. The fraction of sp³-hybridized carbons (Fsp3) is 0.500. The number of carbonyl (C=O) groups excluding carboxylic acids is 1. The predicted octanol–water partition coefficient (Wildman–Crippen LogP) is 1.88. The Hall–Kier alpha value is -1.76. The van der Waals surface area contributed by atoms with Gasteiger partial charge >= 0.3 is 6.18 Å². The molecule has 1 atom stereocenters. The lowest BCUT2D eigenvalue weighted by Crippen LogP contribution is -2.34. The van der Waals surface area contributed by atoms with E-state index in [0.29, 0.717) is 37.3 Å². The second-order valence-electron chi connectivity index (χ2n) is 5.34. The molecule has 21 heavy (non-hydrogen) atoms. The molecule has 1 unspecified atom stereocenters. The maximum Gasteiger partial charge on any atom is 0.401 e. The summed E-state index contributed by atoms with van der Waals surface area (Å²) in [7, 11) is 0. The van der Waals surface area contributed by atoms with Crippen LogP contribution in [0.15, 0.2) is 24.3 Å². The fourth-order valence-corrected chi connectivity index (χ4v) is 2.50. The van der Waals surface area contributed by atoms with Gasteiger partial charge in [-0.25, -0.2) is 0 Å². The number of nitrogens with two attached hydrogens (primary N) is 1. The van der Waals surface area contributed by atoms with Crippen molar-refractivity contribution in [2.75, 3.05) is 31.9 Å². The maximum absolute atomic E-state index is 12.3. The molecule has 1 amide bonds. The molecule has 0 aliphatic carbocycles. The van der Waals surface area contributed by atoms with Gasteiger partial charge in [-0.2, -0.15) is 13.2 Å². The summed E-state index contributed by atoms with van der Waals surface area (Å²) in [5.41, 5.74) is 6.56. The van der Waals surface area contributed by atoms with Gasteiger partial charge in [-0.05, 0) is 37.1 Å². The van der Waals surface area contributed by atoms with Crippen LogP contribution in [0, 0.1) is 5.92 Å². The Morgan fingerprint density at radius 2 is 2.19 bits per heavy atom. The second-order valence-corrected chi connectivity index (χ2v) is 5.34. The number of carbonyl (C=O) groups is 1. The largest absolute Gasteiger partial charge is 0.401 e. The average molecular weight is 301 g/mol. The van der Waals surface area contributed by atoms with Crippen LogP contribution in [0.5, 0.6) is 0 Å². The quantitative estimate of drug-likeness (QED) is 0.835. The van der Waals surface area contributed by atoms with Crippen molar-refractivity contribution < 1.29 is 18.0 Å². The number of nitrogens with zero attached hydrogens (tertiary/aromatic N) is 1. The minimum atomic E-state index is -4.17. The maximum atomic E-state index is 12.3. The summed E-state index contributed by atoms with van der Waals surface area (Å²) >= 11 is 0. The van der Waals surface area contributed by atoms with Gasteiger partial charge in [0.2, 0.25) is 0 Å². The van der Waals surface area contributed by atoms with Crippen molar-refractivity contribution in [2.24, 2.45) is 5.92 Å². The van der Waals surface area contributed by atoms with Crippen LogP contribution in [0.25, 0.3) is 0 Å². The lowest BCUT2D eigenvalue weighted by molar-refractivity contribution is -0.143. The van der Waals surface area contributed by atoms with Gasteiger partial charge in [0, 0.05) is 24.3 Å². The number of anilines is 1. The van der Waals surface area contributed by atoms with Crippen molar-refractivity contribution in [3.63, 3.8) is 0 Å².